The van der Waals surface area contributed by atoms with Crippen molar-refractivity contribution in [2.24, 2.45) is 0 Å². The van der Waals surface area contributed by atoms with E-state index in [1.54, 1.807) is 13.0 Å². The Morgan fingerprint density at radius 1 is 1.22 bits per heavy atom. The van der Waals surface area contributed by atoms with Gasteiger partial charge in [-0.2, -0.15) is 0 Å². The van der Waals surface area contributed by atoms with Gasteiger partial charge in [0.15, 0.2) is 0 Å². The van der Waals surface area contributed by atoms with Gasteiger partial charge in [0.25, 0.3) is 5.91 Å². The first-order valence-corrected chi connectivity index (χ1v) is 6.01. The summed E-state index contributed by atoms with van der Waals surface area (Å²) in [6.07, 6.45) is 0. The monoisotopic (exact) mass is 243 g/mol. The summed E-state index contributed by atoms with van der Waals surface area (Å²) in [4.78, 5) is 12.1. The lowest BCUT2D eigenvalue weighted by molar-refractivity contribution is 0.0938. The summed E-state index contributed by atoms with van der Waals surface area (Å²) in [5, 5.41) is 2.97. The quantitative estimate of drug-likeness (QED) is 0.897. The highest BCUT2D eigenvalue weighted by atomic mass is 16.3. The van der Waals surface area contributed by atoms with Crippen molar-refractivity contribution >= 4 is 5.91 Å². The SMILES string of the molecule is Cc1cc(C(=O)N[C@H](C)c2ccccc2)c(C)o1. The molecule has 0 fully saturated rings. The molecule has 1 N–H and O–H groups in total. The van der Waals surface area contributed by atoms with Gasteiger partial charge in [0.2, 0.25) is 0 Å². The van der Waals surface area contributed by atoms with Gasteiger partial charge in [-0.3, -0.25) is 4.79 Å². The molecule has 1 aromatic heterocycles. The molecular formula is C15H17NO2. The zero-order valence-corrected chi connectivity index (χ0v) is 10.9. The van der Waals surface area contributed by atoms with Crippen LogP contribution in [-0.4, -0.2) is 5.91 Å². The van der Waals surface area contributed by atoms with E-state index in [0.29, 0.717) is 11.3 Å². The topological polar surface area (TPSA) is 42.2 Å². The molecule has 2 rings (SSSR count). The summed E-state index contributed by atoms with van der Waals surface area (Å²) >= 11 is 0. The normalized spacial score (nSPS) is 12.2. The molecule has 94 valence electrons. The Balaban J connectivity index is 2.10. The van der Waals surface area contributed by atoms with Crippen molar-refractivity contribution in [2.45, 2.75) is 26.8 Å². The van der Waals surface area contributed by atoms with Gasteiger partial charge >= 0.3 is 0 Å². The number of hydrogen-bond donors (Lipinski definition) is 1. The fourth-order valence-corrected chi connectivity index (χ4v) is 1.96. The Kier molecular flexibility index (Phi) is 3.51. The minimum Gasteiger partial charge on any atom is -0.466 e. The fraction of sp³-hybridized carbons (Fsp3) is 0.267. The van der Waals surface area contributed by atoms with Crippen molar-refractivity contribution in [1.82, 2.24) is 5.32 Å². The van der Waals surface area contributed by atoms with Crippen molar-refractivity contribution in [1.29, 1.82) is 0 Å². The first-order chi connectivity index (χ1) is 8.58. The summed E-state index contributed by atoms with van der Waals surface area (Å²) in [7, 11) is 0. The van der Waals surface area contributed by atoms with E-state index in [9.17, 15) is 4.79 Å². The minimum atomic E-state index is -0.0966. The Labute approximate surface area is 107 Å². The minimum absolute atomic E-state index is 0.0201. The lowest BCUT2D eigenvalue weighted by Gasteiger charge is -2.13. The average Bonchev–Trinajstić information content (AvgIpc) is 2.69. The van der Waals surface area contributed by atoms with Crippen LogP contribution in [0, 0.1) is 13.8 Å². The van der Waals surface area contributed by atoms with Crippen LogP contribution in [0.4, 0.5) is 0 Å². The van der Waals surface area contributed by atoms with Gasteiger partial charge in [-0.15, -0.1) is 0 Å². The molecule has 0 aliphatic carbocycles. The van der Waals surface area contributed by atoms with E-state index in [0.717, 1.165) is 11.3 Å². The highest BCUT2D eigenvalue weighted by Crippen LogP contribution is 2.16. The largest absolute Gasteiger partial charge is 0.466 e. The van der Waals surface area contributed by atoms with Crippen LogP contribution in [0.1, 0.15) is 40.4 Å². The van der Waals surface area contributed by atoms with Gasteiger partial charge in [-0.25, -0.2) is 0 Å². The molecule has 1 aromatic carbocycles. The van der Waals surface area contributed by atoms with Crippen LogP contribution in [-0.2, 0) is 0 Å². The third kappa shape index (κ3) is 2.62. The van der Waals surface area contributed by atoms with Gasteiger partial charge in [0.05, 0.1) is 11.6 Å². The molecule has 0 bridgehead atoms. The van der Waals surface area contributed by atoms with Crippen molar-refractivity contribution in [2.75, 3.05) is 0 Å². The van der Waals surface area contributed by atoms with Crippen LogP contribution >= 0.6 is 0 Å². The third-order valence-corrected chi connectivity index (χ3v) is 2.93. The summed E-state index contributed by atoms with van der Waals surface area (Å²) in [5.74, 6) is 1.32. The number of aryl methyl sites for hydroxylation is 2. The zero-order chi connectivity index (χ0) is 13.1. The van der Waals surface area contributed by atoms with Crippen LogP contribution in [0.25, 0.3) is 0 Å². The maximum Gasteiger partial charge on any atom is 0.255 e. The number of rotatable bonds is 3. The Morgan fingerprint density at radius 3 is 2.44 bits per heavy atom. The summed E-state index contributed by atoms with van der Waals surface area (Å²) in [5.41, 5.74) is 1.69. The fourth-order valence-electron chi connectivity index (χ4n) is 1.96. The average molecular weight is 243 g/mol. The van der Waals surface area contributed by atoms with E-state index in [-0.39, 0.29) is 11.9 Å². The maximum atomic E-state index is 12.1. The van der Waals surface area contributed by atoms with Gasteiger partial charge < -0.3 is 9.73 Å². The third-order valence-electron chi connectivity index (χ3n) is 2.93. The number of carbonyl (C=O) groups excluding carboxylic acids is 1. The number of hydrogen-bond acceptors (Lipinski definition) is 2. The first-order valence-electron chi connectivity index (χ1n) is 6.01. The molecule has 2 aromatic rings. The van der Waals surface area contributed by atoms with Crippen LogP contribution in [0.3, 0.4) is 0 Å². The second-order valence-corrected chi connectivity index (χ2v) is 4.43. The van der Waals surface area contributed by atoms with E-state index in [2.05, 4.69) is 5.32 Å². The Hall–Kier alpha value is -2.03. The molecule has 0 radical (unpaired) electrons. The smallest absolute Gasteiger partial charge is 0.255 e. The summed E-state index contributed by atoms with van der Waals surface area (Å²) < 4.78 is 5.36. The van der Waals surface area contributed by atoms with Crippen molar-refractivity contribution in [3.05, 3.63) is 59.0 Å². The van der Waals surface area contributed by atoms with E-state index < -0.39 is 0 Å². The molecule has 1 atom stereocenters. The maximum absolute atomic E-state index is 12.1. The van der Waals surface area contributed by atoms with E-state index in [1.807, 2.05) is 44.2 Å². The lowest BCUT2D eigenvalue weighted by atomic mass is 10.1. The Morgan fingerprint density at radius 2 is 1.89 bits per heavy atom. The van der Waals surface area contributed by atoms with Gasteiger partial charge in [-0.05, 0) is 32.4 Å². The molecule has 0 saturated carbocycles. The first kappa shape index (κ1) is 12.4. The summed E-state index contributed by atoms with van der Waals surface area (Å²) in [6, 6.07) is 11.6. The van der Waals surface area contributed by atoms with Crippen molar-refractivity contribution in [3.8, 4) is 0 Å². The number of amides is 1. The molecule has 0 aliphatic rings. The number of carbonyl (C=O) groups is 1. The predicted octanol–water partition coefficient (Wildman–Crippen LogP) is 3.39. The molecule has 3 nitrogen and oxygen atoms in total. The predicted molar refractivity (Wildman–Crippen MR) is 70.5 cm³/mol. The van der Waals surface area contributed by atoms with E-state index in [1.165, 1.54) is 0 Å². The van der Waals surface area contributed by atoms with Gasteiger partial charge in [-0.1, -0.05) is 30.3 Å². The van der Waals surface area contributed by atoms with Crippen molar-refractivity contribution < 1.29 is 9.21 Å². The zero-order valence-electron chi connectivity index (χ0n) is 10.9. The second kappa shape index (κ2) is 5.08. The van der Waals surface area contributed by atoms with Crippen LogP contribution < -0.4 is 5.32 Å². The van der Waals surface area contributed by atoms with Crippen molar-refractivity contribution in [3.63, 3.8) is 0 Å². The van der Waals surface area contributed by atoms with Gasteiger partial charge in [0, 0.05) is 0 Å². The molecule has 1 amide bonds. The van der Waals surface area contributed by atoms with E-state index in [4.69, 9.17) is 4.42 Å². The number of benzene rings is 1. The molecule has 3 heteroatoms. The molecule has 0 saturated heterocycles. The highest BCUT2D eigenvalue weighted by Gasteiger charge is 2.16. The molecule has 0 spiro atoms. The number of furan rings is 1. The summed E-state index contributed by atoms with van der Waals surface area (Å²) in [6.45, 7) is 5.61. The standard InChI is InChI=1S/C15H17NO2/c1-10-9-14(12(3)18-10)15(17)16-11(2)13-7-5-4-6-8-13/h4-9,11H,1-3H3,(H,16,17)/t11-/m1/s1. The molecule has 0 unspecified atom stereocenters. The molecule has 18 heavy (non-hydrogen) atoms. The molecular weight excluding hydrogens is 226 g/mol. The van der Waals surface area contributed by atoms with Crippen LogP contribution in [0.5, 0.6) is 0 Å². The second-order valence-electron chi connectivity index (χ2n) is 4.43. The molecule has 0 aliphatic heterocycles. The molecule has 1 heterocycles. The number of nitrogens with one attached hydrogen (secondary N) is 1. The lowest BCUT2D eigenvalue weighted by Crippen LogP contribution is -2.26. The Bertz CT molecular complexity index is 543. The highest BCUT2D eigenvalue weighted by molar-refractivity contribution is 5.95. The van der Waals surface area contributed by atoms with Crippen LogP contribution in [0.2, 0.25) is 0 Å². The van der Waals surface area contributed by atoms with Crippen LogP contribution in [0.15, 0.2) is 40.8 Å². The van der Waals surface area contributed by atoms with Gasteiger partial charge in [0.1, 0.15) is 11.5 Å². The van der Waals surface area contributed by atoms with E-state index >= 15 is 0 Å².